The average Bonchev–Trinajstić information content (AvgIpc) is 2.59. The van der Waals surface area contributed by atoms with Gasteiger partial charge in [-0.2, -0.15) is 0 Å². The molecule has 0 radical (unpaired) electrons. The molecule has 5 heteroatoms. The molecule has 0 atom stereocenters. The Hall–Kier alpha value is -3.21. The molecule has 0 bridgehead atoms. The first-order valence-corrected chi connectivity index (χ1v) is 7.10. The van der Waals surface area contributed by atoms with Crippen molar-refractivity contribution in [1.29, 1.82) is 0 Å². The van der Waals surface area contributed by atoms with Crippen LogP contribution in [0.5, 0.6) is 0 Å². The summed E-state index contributed by atoms with van der Waals surface area (Å²) in [6.07, 6.45) is 0. The fourth-order valence-corrected chi connectivity index (χ4v) is 2.23. The Balaban J connectivity index is 1.69. The van der Waals surface area contributed by atoms with Crippen molar-refractivity contribution >= 4 is 22.8 Å². The summed E-state index contributed by atoms with van der Waals surface area (Å²) in [5.74, 6) is -1.24. The van der Waals surface area contributed by atoms with E-state index in [-0.39, 0.29) is 11.5 Å². The Morgan fingerprint density at radius 2 is 1.70 bits per heavy atom. The van der Waals surface area contributed by atoms with Crippen LogP contribution in [0.4, 0.5) is 0 Å². The lowest BCUT2D eigenvalue weighted by Gasteiger charge is -2.06. The number of rotatable bonds is 4. The number of aromatic carboxylic acids is 1. The standard InChI is InChI=1S/C18H14N2O3/c21-17(16-10-9-13-3-1-2-4-15(13)20-16)19-11-12-5-7-14(8-6-12)18(22)23/h1-10H,11H2,(H,19,21)(H,22,23). The number of pyridine rings is 1. The molecule has 0 spiro atoms. The van der Waals surface area contributed by atoms with Gasteiger partial charge in [0, 0.05) is 11.9 Å². The number of carbonyl (C=O) groups excluding carboxylic acids is 1. The van der Waals surface area contributed by atoms with E-state index < -0.39 is 5.97 Å². The molecular weight excluding hydrogens is 292 g/mol. The fraction of sp³-hybridized carbons (Fsp3) is 0.0556. The van der Waals surface area contributed by atoms with Gasteiger partial charge in [-0.1, -0.05) is 36.4 Å². The molecule has 0 aliphatic heterocycles. The van der Waals surface area contributed by atoms with Crippen LogP contribution in [0.25, 0.3) is 10.9 Å². The van der Waals surface area contributed by atoms with Crippen molar-refractivity contribution in [3.63, 3.8) is 0 Å². The van der Waals surface area contributed by atoms with Gasteiger partial charge in [-0.15, -0.1) is 0 Å². The van der Waals surface area contributed by atoms with E-state index in [1.54, 1.807) is 18.2 Å². The van der Waals surface area contributed by atoms with Crippen molar-refractivity contribution in [1.82, 2.24) is 10.3 Å². The quantitative estimate of drug-likeness (QED) is 0.777. The van der Waals surface area contributed by atoms with Crippen molar-refractivity contribution in [2.24, 2.45) is 0 Å². The molecule has 0 unspecified atom stereocenters. The molecule has 0 saturated heterocycles. The predicted octanol–water partition coefficient (Wildman–Crippen LogP) is 2.86. The second-order valence-corrected chi connectivity index (χ2v) is 5.07. The summed E-state index contributed by atoms with van der Waals surface area (Å²) >= 11 is 0. The molecule has 0 aliphatic carbocycles. The van der Waals surface area contributed by atoms with Crippen LogP contribution in [0.2, 0.25) is 0 Å². The molecule has 2 aromatic carbocycles. The maximum absolute atomic E-state index is 12.2. The number of nitrogens with zero attached hydrogens (tertiary/aromatic N) is 1. The highest BCUT2D eigenvalue weighted by molar-refractivity contribution is 5.94. The summed E-state index contributed by atoms with van der Waals surface area (Å²) < 4.78 is 0. The van der Waals surface area contributed by atoms with Gasteiger partial charge in [0.05, 0.1) is 11.1 Å². The van der Waals surface area contributed by atoms with Crippen LogP contribution in [-0.4, -0.2) is 22.0 Å². The van der Waals surface area contributed by atoms with E-state index in [9.17, 15) is 9.59 Å². The molecule has 3 rings (SSSR count). The van der Waals surface area contributed by atoms with Gasteiger partial charge < -0.3 is 10.4 Å². The molecule has 23 heavy (non-hydrogen) atoms. The zero-order chi connectivity index (χ0) is 16.2. The summed E-state index contributed by atoms with van der Waals surface area (Å²) in [5, 5.41) is 12.6. The van der Waals surface area contributed by atoms with Gasteiger partial charge in [-0.05, 0) is 29.8 Å². The van der Waals surface area contributed by atoms with E-state index in [0.29, 0.717) is 12.2 Å². The first-order valence-electron chi connectivity index (χ1n) is 7.10. The van der Waals surface area contributed by atoms with Gasteiger partial charge in [0.2, 0.25) is 0 Å². The summed E-state index contributed by atoms with van der Waals surface area (Å²) in [5.41, 5.74) is 2.16. The van der Waals surface area contributed by atoms with E-state index in [0.717, 1.165) is 16.5 Å². The second-order valence-electron chi connectivity index (χ2n) is 5.07. The van der Waals surface area contributed by atoms with Crippen molar-refractivity contribution in [2.75, 3.05) is 0 Å². The molecule has 0 aliphatic rings. The minimum absolute atomic E-state index is 0.219. The highest BCUT2D eigenvalue weighted by Crippen LogP contribution is 2.12. The summed E-state index contributed by atoms with van der Waals surface area (Å²) in [7, 11) is 0. The Morgan fingerprint density at radius 1 is 0.957 bits per heavy atom. The number of hydrogen-bond acceptors (Lipinski definition) is 3. The number of benzene rings is 2. The van der Waals surface area contributed by atoms with Crippen LogP contribution in [0.15, 0.2) is 60.7 Å². The van der Waals surface area contributed by atoms with E-state index in [4.69, 9.17) is 5.11 Å². The van der Waals surface area contributed by atoms with Crippen LogP contribution < -0.4 is 5.32 Å². The normalized spacial score (nSPS) is 10.4. The minimum atomic E-state index is -0.971. The van der Waals surface area contributed by atoms with Crippen molar-refractivity contribution in [3.05, 3.63) is 77.5 Å². The summed E-state index contributed by atoms with van der Waals surface area (Å²) in [6, 6.07) is 17.5. The Labute approximate surface area is 132 Å². The summed E-state index contributed by atoms with van der Waals surface area (Å²) in [4.78, 5) is 27.3. The number of hydrogen-bond donors (Lipinski definition) is 2. The average molecular weight is 306 g/mol. The predicted molar refractivity (Wildman–Crippen MR) is 86.3 cm³/mol. The van der Waals surface area contributed by atoms with Gasteiger partial charge in [0.15, 0.2) is 0 Å². The van der Waals surface area contributed by atoms with E-state index in [2.05, 4.69) is 10.3 Å². The lowest BCUT2D eigenvalue weighted by Crippen LogP contribution is -2.23. The molecule has 0 fully saturated rings. The zero-order valence-electron chi connectivity index (χ0n) is 12.2. The maximum atomic E-state index is 12.2. The van der Waals surface area contributed by atoms with E-state index >= 15 is 0 Å². The second kappa shape index (κ2) is 6.27. The maximum Gasteiger partial charge on any atom is 0.335 e. The molecule has 0 saturated carbocycles. The molecule has 1 amide bonds. The number of carbonyl (C=O) groups is 2. The lowest BCUT2D eigenvalue weighted by atomic mass is 10.1. The van der Waals surface area contributed by atoms with E-state index in [1.807, 2.05) is 30.3 Å². The number of para-hydroxylation sites is 1. The third-order valence-corrected chi connectivity index (χ3v) is 3.49. The van der Waals surface area contributed by atoms with Gasteiger partial charge in [-0.3, -0.25) is 4.79 Å². The number of amides is 1. The Kier molecular flexibility index (Phi) is 4.01. The van der Waals surface area contributed by atoms with Gasteiger partial charge in [0.1, 0.15) is 5.69 Å². The van der Waals surface area contributed by atoms with Crippen LogP contribution in [0.3, 0.4) is 0 Å². The minimum Gasteiger partial charge on any atom is -0.478 e. The number of aromatic nitrogens is 1. The van der Waals surface area contributed by atoms with Crippen LogP contribution in [-0.2, 0) is 6.54 Å². The third kappa shape index (κ3) is 3.35. The van der Waals surface area contributed by atoms with E-state index in [1.165, 1.54) is 12.1 Å². The largest absolute Gasteiger partial charge is 0.478 e. The molecule has 5 nitrogen and oxygen atoms in total. The Bertz CT molecular complexity index is 873. The van der Waals surface area contributed by atoms with Crippen LogP contribution >= 0.6 is 0 Å². The fourth-order valence-electron chi connectivity index (χ4n) is 2.23. The molecule has 2 N–H and O–H groups in total. The molecule has 1 aromatic heterocycles. The van der Waals surface area contributed by atoms with Crippen LogP contribution in [0.1, 0.15) is 26.4 Å². The Morgan fingerprint density at radius 3 is 2.43 bits per heavy atom. The highest BCUT2D eigenvalue weighted by Gasteiger charge is 2.08. The third-order valence-electron chi connectivity index (χ3n) is 3.49. The molecular formula is C18H14N2O3. The smallest absolute Gasteiger partial charge is 0.335 e. The van der Waals surface area contributed by atoms with Gasteiger partial charge in [-0.25, -0.2) is 9.78 Å². The number of carboxylic acid groups (broad SMARTS) is 1. The van der Waals surface area contributed by atoms with Gasteiger partial charge in [0.25, 0.3) is 5.91 Å². The number of fused-ring (bicyclic) bond motifs is 1. The molecule has 3 aromatic rings. The summed E-state index contributed by atoms with van der Waals surface area (Å²) in [6.45, 7) is 0.313. The lowest BCUT2D eigenvalue weighted by molar-refractivity contribution is 0.0696. The van der Waals surface area contributed by atoms with Gasteiger partial charge >= 0.3 is 5.97 Å². The van der Waals surface area contributed by atoms with Crippen LogP contribution in [0, 0.1) is 0 Å². The topological polar surface area (TPSA) is 79.3 Å². The first-order chi connectivity index (χ1) is 11.1. The highest BCUT2D eigenvalue weighted by atomic mass is 16.4. The molecule has 1 heterocycles. The zero-order valence-corrected chi connectivity index (χ0v) is 12.2. The SMILES string of the molecule is O=C(O)c1ccc(CNC(=O)c2ccc3ccccc3n2)cc1. The van der Waals surface area contributed by atoms with Crippen molar-refractivity contribution < 1.29 is 14.7 Å². The first kappa shape index (κ1) is 14.7. The molecule has 114 valence electrons. The number of carboxylic acids is 1. The monoisotopic (exact) mass is 306 g/mol. The number of nitrogens with one attached hydrogen (secondary N) is 1. The van der Waals surface area contributed by atoms with Crippen molar-refractivity contribution in [3.8, 4) is 0 Å². The van der Waals surface area contributed by atoms with Crippen molar-refractivity contribution in [2.45, 2.75) is 6.54 Å².